The third-order valence-corrected chi connectivity index (χ3v) is 2.98. The summed E-state index contributed by atoms with van der Waals surface area (Å²) in [5.41, 5.74) is 8.29. The Hall–Kier alpha value is -1.26. The van der Waals surface area contributed by atoms with Crippen LogP contribution in [0.15, 0.2) is 12.1 Å². The summed E-state index contributed by atoms with van der Waals surface area (Å²) in [7, 11) is 0. The average molecular weight is 250 g/mol. The molecule has 4 heteroatoms. The molecule has 0 atom stereocenters. The minimum Gasteiger partial charge on any atom is -0.454 e. The van der Waals surface area contributed by atoms with Crippen LogP contribution in [-0.4, -0.2) is 25.4 Å². The van der Waals surface area contributed by atoms with Crippen molar-refractivity contribution >= 4 is 0 Å². The van der Waals surface area contributed by atoms with Crippen molar-refractivity contribution in [3.05, 3.63) is 23.3 Å². The monoisotopic (exact) mass is 250 g/mol. The van der Waals surface area contributed by atoms with Gasteiger partial charge in [-0.25, -0.2) is 0 Å². The Morgan fingerprint density at radius 3 is 2.61 bits per heavy atom. The molecule has 0 radical (unpaired) electrons. The van der Waals surface area contributed by atoms with E-state index in [1.165, 1.54) is 11.1 Å². The molecule has 0 saturated heterocycles. The number of hydrogen-bond donors (Lipinski definition) is 2. The van der Waals surface area contributed by atoms with E-state index in [1.807, 2.05) is 19.9 Å². The van der Waals surface area contributed by atoms with Gasteiger partial charge >= 0.3 is 0 Å². The minimum absolute atomic E-state index is 0.163. The van der Waals surface area contributed by atoms with Gasteiger partial charge < -0.3 is 20.5 Å². The third-order valence-electron chi connectivity index (χ3n) is 2.98. The summed E-state index contributed by atoms with van der Waals surface area (Å²) in [5, 5.41) is 3.37. The number of aryl methyl sites for hydroxylation is 1. The molecule has 100 valence electrons. The van der Waals surface area contributed by atoms with E-state index >= 15 is 0 Å². The minimum atomic E-state index is -0.163. The van der Waals surface area contributed by atoms with E-state index in [-0.39, 0.29) is 5.54 Å². The molecule has 4 nitrogen and oxygen atoms in total. The highest BCUT2D eigenvalue weighted by Gasteiger charge is 2.15. The first-order chi connectivity index (χ1) is 8.46. The summed E-state index contributed by atoms with van der Waals surface area (Å²) < 4.78 is 10.7. The Kier molecular flexibility index (Phi) is 3.78. The molecule has 1 aliphatic rings. The summed E-state index contributed by atoms with van der Waals surface area (Å²) in [6.45, 7) is 8.21. The zero-order valence-corrected chi connectivity index (χ0v) is 11.4. The molecule has 0 saturated carbocycles. The Morgan fingerprint density at radius 2 is 1.94 bits per heavy atom. The highest BCUT2D eigenvalue weighted by Crippen LogP contribution is 2.34. The molecule has 1 aromatic rings. The zero-order valence-electron chi connectivity index (χ0n) is 11.4. The van der Waals surface area contributed by atoms with Crippen LogP contribution in [0.3, 0.4) is 0 Å². The lowest BCUT2D eigenvalue weighted by atomic mass is 10.0. The molecule has 2 rings (SSSR count). The van der Waals surface area contributed by atoms with Crippen LogP contribution in [0.25, 0.3) is 0 Å². The molecule has 0 aliphatic carbocycles. The van der Waals surface area contributed by atoms with Crippen LogP contribution in [0.1, 0.15) is 25.0 Å². The number of rotatable bonds is 5. The van der Waals surface area contributed by atoms with Crippen LogP contribution in [-0.2, 0) is 6.42 Å². The van der Waals surface area contributed by atoms with Gasteiger partial charge in [0.2, 0.25) is 6.79 Å². The van der Waals surface area contributed by atoms with Crippen LogP contribution in [0, 0.1) is 6.92 Å². The molecular weight excluding hydrogens is 228 g/mol. The second kappa shape index (κ2) is 5.16. The number of ether oxygens (including phenoxy) is 2. The lowest BCUT2D eigenvalue weighted by Crippen LogP contribution is -2.43. The fourth-order valence-electron chi connectivity index (χ4n) is 1.99. The Morgan fingerprint density at radius 1 is 1.28 bits per heavy atom. The molecule has 1 aromatic carbocycles. The third kappa shape index (κ3) is 3.37. The van der Waals surface area contributed by atoms with Crippen molar-refractivity contribution in [2.75, 3.05) is 19.9 Å². The fourth-order valence-corrected chi connectivity index (χ4v) is 1.99. The van der Waals surface area contributed by atoms with E-state index in [9.17, 15) is 0 Å². The van der Waals surface area contributed by atoms with Crippen molar-refractivity contribution in [1.82, 2.24) is 5.32 Å². The molecule has 0 amide bonds. The quantitative estimate of drug-likeness (QED) is 0.779. The van der Waals surface area contributed by atoms with Gasteiger partial charge in [-0.15, -0.1) is 0 Å². The largest absolute Gasteiger partial charge is 0.454 e. The molecular formula is C14H22N2O2. The van der Waals surface area contributed by atoms with Gasteiger partial charge in [0.05, 0.1) is 0 Å². The number of hydrogen-bond acceptors (Lipinski definition) is 4. The second-order valence-electron chi connectivity index (χ2n) is 5.55. The van der Waals surface area contributed by atoms with Crippen LogP contribution >= 0.6 is 0 Å². The lowest BCUT2D eigenvalue weighted by Gasteiger charge is -2.19. The molecule has 18 heavy (non-hydrogen) atoms. The number of nitrogens with two attached hydrogens (primary N) is 1. The first-order valence-electron chi connectivity index (χ1n) is 6.34. The highest BCUT2D eigenvalue weighted by atomic mass is 16.7. The first-order valence-corrected chi connectivity index (χ1v) is 6.34. The molecule has 0 bridgehead atoms. The second-order valence-corrected chi connectivity index (χ2v) is 5.55. The number of fused-ring (bicyclic) bond motifs is 1. The van der Waals surface area contributed by atoms with E-state index in [0.29, 0.717) is 6.79 Å². The maximum absolute atomic E-state index is 5.92. The maximum atomic E-state index is 5.92. The molecule has 3 N–H and O–H groups in total. The van der Waals surface area contributed by atoms with E-state index in [4.69, 9.17) is 15.2 Å². The van der Waals surface area contributed by atoms with Crippen molar-refractivity contribution < 1.29 is 9.47 Å². The standard InChI is InChI=1S/C14H22N2O2/c1-10-6-12-13(18-9-17-12)7-11(10)4-5-16-8-14(2,3)15/h6-7,16H,4-5,8-9,15H2,1-3H3. The van der Waals surface area contributed by atoms with Crippen molar-refractivity contribution in [3.8, 4) is 11.5 Å². The number of nitrogens with one attached hydrogen (secondary N) is 1. The Labute approximate surface area is 108 Å². The van der Waals surface area contributed by atoms with Gasteiger partial charge in [0.25, 0.3) is 0 Å². The predicted molar refractivity (Wildman–Crippen MR) is 72.1 cm³/mol. The molecule has 0 fully saturated rings. The average Bonchev–Trinajstić information content (AvgIpc) is 2.70. The zero-order chi connectivity index (χ0) is 13.2. The topological polar surface area (TPSA) is 56.5 Å². The summed E-state index contributed by atoms with van der Waals surface area (Å²) >= 11 is 0. The van der Waals surface area contributed by atoms with Gasteiger partial charge in [-0.3, -0.25) is 0 Å². The van der Waals surface area contributed by atoms with Gasteiger partial charge in [-0.1, -0.05) is 0 Å². The first kappa shape index (κ1) is 13.2. The SMILES string of the molecule is Cc1cc2c(cc1CCNCC(C)(C)N)OCO2. The number of benzene rings is 1. The van der Waals surface area contributed by atoms with Gasteiger partial charge in [-0.05, 0) is 57.0 Å². The summed E-state index contributed by atoms with van der Waals surface area (Å²) in [6.07, 6.45) is 0.971. The van der Waals surface area contributed by atoms with Gasteiger partial charge in [-0.2, -0.15) is 0 Å². The van der Waals surface area contributed by atoms with Crippen LogP contribution in [0.5, 0.6) is 11.5 Å². The highest BCUT2D eigenvalue weighted by molar-refractivity contribution is 5.48. The maximum Gasteiger partial charge on any atom is 0.231 e. The summed E-state index contributed by atoms with van der Waals surface area (Å²) in [4.78, 5) is 0. The van der Waals surface area contributed by atoms with Crippen molar-refractivity contribution in [2.45, 2.75) is 32.7 Å². The van der Waals surface area contributed by atoms with E-state index in [2.05, 4.69) is 18.3 Å². The predicted octanol–water partition coefficient (Wildman–Crippen LogP) is 1.59. The molecule has 1 aliphatic heterocycles. The normalized spacial score (nSPS) is 14.0. The molecule has 1 heterocycles. The molecule has 0 spiro atoms. The Balaban J connectivity index is 1.90. The van der Waals surface area contributed by atoms with Crippen molar-refractivity contribution in [2.24, 2.45) is 5.73 Å². The van der Waals surface area contributed by atoms with Crippen LogP contribution in [0.4, 0.5) is 0 Å². The van der Waals surface area contributed by atoms with E-state index in [1.54, 1.807) is 0 Å². The van der Waals surface area contributed by atoms with Gasteiger partial charge in [0.15, 0.2) is 11.5 Å². The smallest absolute Gasteiger partial charge is 0.231 e. The Bertz CT molecular complexity index is 425. The van der Waals surface area contributed by atoms with Crippen LogP contribution in [0.2, 0.25) is 0 Å². The fraction of sp³-hybridized carbons (Fsp3) is 0.571. The summed E-state index contributed by atoms with van der Waals surface area (Å²) in [5.74, 6) is 1.71. The van der Waals surface area contributed by atoms with Crippen LogP contribution < -0.4 is 20.5 Å². The van der Waals surface area contributed by atoms with Crippen molar-refractivity contribution in [3.63, 3.8) is 0 Å². The van der Waals surface area contributed by atoms with E-state index < -0.39 is 0 Å². The van der Waals surface area contributed by atoms with Gasteiger partial charge in [0.1, 0.15) is 0 Å². The molecule has 0 unspecified atom stereocenters. The van der Waals surface area contributed by atoms with Gasteiger partial charge in [0, 0.05) is 12.1 Å². The lowest BCUT2D eigenvalue weighted by molar-refractivity contribution is 0.174. The van der Waals surface area contributed by atoms with E-state index in [0.717, 1.165) is 31.0 Å². The van der Waals surface area contributed by atoms with Crippen molar-refractivity contribution in [1.29, 1.82) is 0 Å². The summed E-state index contributed by atoms with van der Waals surface area (Å²) in [6, 6.07) is 4.12. The molecule has 0 aromatic heterocycles.